The lowest BCUT2D eigenvalue weighted by Crippen LogP contribution is -2.42. The minimum Gasteiger partial charge on any atom is -0.496 e. The molecule has 1 amide bonds. The molecular formula is C17H24N2O5. The van der Waals surface area contributed by atoms with Gasteiger partial charge in [-0.2, -0.15) is 0 Å². The Labute approximate surface area is 141 Å². The first-order valence-electron chi connectivity index (χ1n) is 7.76. The third-order valence-electron chi connectivity index (χ3n) is 4.03. The highest BCUT2D eigenvalue weighted by Crippen LogP contribution is 2.53. The molecule has 132 valence electrons. The number of rotatable bonds is 5. The number of methoxy groups -OCH3 is 1. The van der Waals surface area contributed by atoms with E-state index in [1.54, 1.807) is 39.0 Å². The average Bonchev–Trinajstić information content (AvgIpc) is 3.25. The summed E-state index contributed by atoms with van der Waals surface area (Å²) < 4.78 is 10.6. The monoisotopic (exact) mass is 336 g/mol. The number of ether oxygens (including phenoxy) is 2. The van der Waals surface area contributed by atoms with Gasteiger partial charge in [0.05, 0.1) is 7.11 Å². The van der Waals surface area contributed by atoms with Crippen LogP contribution in [0.1, 0.15) is 39.2 Å². The molecule has 1 aromatic carbocycles. The summed E-state index contributed by atoms with van der Waals surface area (Å²) >= 11 is 0. The van der Waals surface area contributed by atoms with Gasteiger partial charge in [-0.3, -0.25) is 10.1 Å². The predicted molar refractivity (Wildman–Crippen MR) is 89.4 cm³/mol. The van der Waals surface area contributed by atoms with Crippen LogP contribution in [0, 0.1) is 0 Å². The lowest BCUT2D eigenvalue weighted by atomic mass is 9.87. The Kier molecular flexibility index (Phi) is 4.75. The predicted octanol–water partition coefficient (Wildman–Crippen LogP) is 2.49. The van der Waals surface area contributed by atoms with Gasteiger partial charge in [-0.1, -0.05) is 6.07 Å². The zero-order valence-electron chi connectivity index (χ0n) is 14.4. The molecule has 1 atom stereocenters. The van der Waals surface area contributed by atoms with Crippen molar-refractivity contribution in [1.82, 2.24) is 0 Å². The molecule has 2 rings (SSSR count). The molecule has 1 fully saturated rings. The second-order valence-electron chi connectivity index (χ2n) is 7.01. The first-order valence-corrected chi connectivity index (χ1v) is 7.76. The summed E-state index contributed by atoms with van der Waals surface area (Å²) in [5.74, 6) is -0.539. The summed E-state index contributed by atoms with van der Waals surface area (Å²) in [6, 6.07) is 4.10. The summed E-state index contributed by atoms with van der Waals surface area (Å²) in [5, 5.41) is 11.9. The normalized spacial score (nSPS) is 16.9. The van der Waals surface area contributed by atoms with E-state index in [-0.39, 0.29) is 0 Å². The van der Waals surface area contributed by atoms with Gasteiger partial charge in [-0.25, -0.2) is 4.79 Å². The number of nitrogens with two attached hydrogens (primary N) is 1. The molecule has 7 heteroatoms. The second kappa shape index (κ2) is 6.32. The SMILES string of the molecule is COc1cc(NC(=O)OC(C)(C)C)ccc1C1(C(N)C(=O)O)CC1. The van der Waals surface area contributed by atoms with Crippen LogP contribution in [0.5, 0.6) is 5.75 Å². The van der Waals surface area contributed by atoms with Crippen molar-refractivity contribution in [1.29, 1.82) is 0 Å². The molecule has 0 radical (unpaired) electrons. The van der Waals surface area contributed by atoms with Crippen molar-refractivity contribution in [2.45, 2.75) is 50.7 Å². The van der Waals surface area contributed by atoms with E-state index in [0.717, 1.165) is 5.56 Å². The molecule has 24 heavy (non-hydrogen) atoms. The number of benzene rings is 1. The summed E-state index contributed by atoms with van der Waals surface area (Å²) in [7, 11) is 1.50. The van der Waals surface area contributed by atoms with Gasteiger partial charge in [0, 0.05) is 22.7 Å². The molecule has 4 N–H and O–H groups in total. The summed E-state index contributed by atoms with van der Waals surface area (Å²) in [6.45, 7) is 5.33. The molecule has 0 bridgehead atoms. The molecule has 0 aliphatic heterocycles. The number of hydrogen-bond acceptors (Lipinski definition) is 5. The van der Waals surface area contributed by atoms with E-state index in [9.17, 15) is 14.7 Å². The van der Waals surface area contributed by atoms with Crippen LogP contribution >= 0.6 is 0 Å². The zero-order valence-corrected chi connectivity index (χ0v) is 14.4. The maximum absolute atomic E-state index is 11.8. The van der Waals surface area contributed by atoms with Crippen LogP contribution in [-0.2, 0) is 14.9 Å². The van der Waals surface area contributed by atoms with E-state index < -0.39 is 29.1 Å². The van der Waals surface area contributed by atoms with Crippen LogP contribution in [0.2, 0.25) is 0 Å². The van der Waals surface area contributed by atoms with Crippen LogP contribution in [0.4, 0.5) is 10.5 Å². The summed E-state index contributed by atoms with van der Waals surface area (Å²) in [4.78, 5) is 23.1. The Balaban J connectivity index is 2.23. The van der Waals surface area contributed by atoms with E-state index in [0.29, 0.717) is 24.3 Å². The Bertz CT molecular complexity index is 647. The number of aliphatic carboxylic acids is 1. The average molecular weight is 336 g/mol. The number of anilines is 1. The van der Waals surface area contributed by atoms with Gasteiger partial charge in [-0.15, -0.1) is 0 Å². The molecule has 0 spiro atoms. The molecule has 1 saturated carbocycles. The summed E-state index contributed by atoms with van der Waals surface area (Å²) in [5.41, 5.74) is 5.90. The molecule has 7 nitrogen and oxygen atoms in total. The first-order chi connectivity index (χ1) is 11.1. The largest absolute Gasteiger partial charge is 0.496 e. The van der Waals surface area contributed by atoms with Crippen LogP contribution in [0.3, 0.4) is 0 Å². The van der Waals surface area contributed by atoms with Crippen LogP contribution in [0.25, 0.3) is 0 Å². The van der Waals surface area contributed by atoms with Crippen molar-refractivity contribution in [3.63, 3.8) is 0 Å². The smallest absolute Gasteiger partial charge is 0.412 e. The Morgan fingerprint density at radius 1 is 1.33 bits per heavy atom. The van der Waals surface area contributed by atoms with Gasteiger partial charge in [0.15, 0.2) is 0 Å². The van der Waals surface area contributed by atoms with Crippen LogP contribution < -0.4 is 15.8 Å². The minimum absolute atomic E-state index is 0.498. The van der Waals surface area contributed by atoms with Gasteiger partial charge < -0.3 is 20.3 Å². The van der Waals surface area contributed by atoms with Gasteiger partial charge in [0.1, 0.15) is 17.4 Å². The van der Waals surface area contributed by atoms with E-state index in [1.807, 2.05) is 0 Å². The van der Waals surface area contributed by atoms with Crippen molar-refractivity contribution in [3.05, 3.63) is 23.8 Å². The number of carbonyl (C=O) groups is 2. The Morgan fingerprint density at radius 2 is 1.96 bits per heavy atom. The molecule has 1 aliphatic rings. The number of carboxylic acids is 1. The van der Waals surface area contributed by atoms with Gasteiger partial charge in [0.2, 0.25) is 0 Å². The fraction of sp³-hybridized carbons (Fsp3) is 0.529. The van der Waals surface area contributed by atoms with E-state index in [4.69, 9.17) is 15.2 Å². The van der Waals surface area contributed by atoms with Crippen LogP contribution in [0.15, 0.2) is 18.2 Å². The highest BCUT2D eigenvalue weighted by molar-refractivity contribution is 5.85. The quantitative estimate of drug-likeness (QED) is 0.762. The van der Waals surface area contributed by atoms with E-state index in [2.05, 4.69) is 5.32 Å². The maximum atomic E-state index is 11.8. The summed E-state index contributed by atoms with van der Waals surface area (Å²) in [6.07, 6.45) is 0.811. The van der Waals surface area contributed by atoms with Gasteiger partial charge in [-0.05, 0) is 39.7 Å². The van der Waals surface area contributed by atoms with E-state index >= 15 is 0 Å². The molecule has 1 aliphatic carbocycles. The van der Waals surface area contributed by atoms with Gasteiger partial charge in [0.25, 0.3) is 0 Å². The Hall–Kier alpha value is -2.28. The van der Waals surface area contributed by atoms with E-state index in [1.165, 1.54) is 7.11 Å². The van der Waals surface area contributed by atoms with Crippen molar-refractivity contribution in [3.8, 4) is 5.75 Å². The second-order valence-corrected chi connectivity index (χ2v) is 7.01. The minimum atomic E-state index is -1.04. The highest BCUT2D eigenvalue weighted by Gasteiger charge is 2.53. The molecule has 0 heterocycles. The lowest BCUT2D eigenvalue weighted by Gasteiger charge is -2.23. The zero-order chi connectivity index (χ0) is 18.1. The number of amides is 1. The molecular weight excluding hydrogens is 312 g/mol. The number of carboxylic acid groups (broad SMARTS) is 1. The third-order valence-corrected chi connectivity index (χ3v) is 4.03. The topological polar surface area (TPSA) is 111 Å². The first kappa shape index (κ1) is 18.1. The molecule has 1 unspecified atom stereocenters. The molecule has 0 saturated heterocycles. The van der Waals surface area contributed by atoms with Crippen molar-refractivity contribution >= 4 is 17.7 Å². The van der Waals surface area contributed by atoms with Crippen molar-refractivity contribution < 1.29 is 24.2 Å². The maximum Gasteiger partial charge on any atom is 0.412 e. The number of hydrogen-bond donors (Lipinski definition) is 3. The van der Waals surface area contributed by atoms with Crippen molar-refractivity contribution in [2.24, 2.45) is 5.73 Å². The molecule has 0 aromatic heterocycles. The number of carbonyl (C=O) groups excluding carboxylic acids is 1. The van der Waals surface area contributed by atoms with Crippen molar-refractivity contribution in [2.75, 3.05) is 12.4 Å². The van der Waals surface area contributed by atoms with Crippen LogP contribution in [-0.4, -0.2) is 35.9 Å². The fourth-order valence-electron chi connectivity index (χ4n) is 2.72. The lowest BCUT2D eigenvalue weighted by molar-refractivity contribution is -0.139. The molecule has 1 aromatic rings. The van der Waals surface area contributed by atoms with Gasteiger partial charge >= 0.3 is 12.1 Å². The standard InChI is InChI=1S/C17H24N2O5/c1-16(2,3)24-15(22)19-10-5-6-11(12(9-10)23-4)17(7-8-17)13(18)14(20)21/h5-6,9,13H,7-8,18H2,1-4H3,(H,19,22)(H,20,21). The number of nitrogens with one attached hydrogen (secondary N) is 1. The fourth-order valence-corrected chi connectivity index (χ4v) is 2.72. The highest BCUT2D eigenvalue weighted by atomic mass is 16.6. The Morgan fingerprint density at radius 3 is 2.42 bits per heavy atom. The third kappa shape index (κ3) is 3.79.